The average Bonchev–Trinajstić information content (AvgIpc) is 3.56. The predicted octanol–water partition coefficient (Wildman–Crippen LogP) is 1.63. The fraction of sp³-hybridized carbons (Fsp3) is 0.381. The molecular formula is C21H27N3O5S. The number of hydrogen-bond donors (Lipinski definition) is 2. The van der Waals surface area contributed by atoms with Crippen LogP contribution in [-0.4, -0.2) is 46.0 Å². The lowest BCUT2D eigenvalue weighted by molar-refractivity contribution is -0.122. The summed E-state index contributed by atoms with van der Waals surface area (Å²) in [6.07, 6.45) is 2.13. The third-order valence-electron chi connectivity index (χ3n) is 5.01. The number of nitrogens with one attached hydrogen (secondary N) is 1. The van der Waals surface area contributed by atoms with E-state index in [4.69, 9.17) is 14.6 Å². The van der Waals surface area contributed by atoms with Gasteiger partial charge in [-0.1, -0.05) is 12.1 Å². The SMILES string of the molecule is COc1ccc(OC)c(CN(CC(=O)NCc2ccc(S(N)(=O)=O)cc2)C2CC2)c1. The third-order valence-corrected chi connectivity index (χ3v) is 5.94. The lowest BCUT2D eigenvalue weighted by atomic mass is 10.1. The fourth-order valence-electron chi connectivity index (χ4n) is 3.22. The van der Waals surface area contributed by atoms with E-state index in [0.29, 0.717) is 19.1 Å². The first-order chi connectivity index (χ1) is 14.3. The van der Waals surface area contributed by atoms with E-state index in [1.165, 1.54) is 12.1 Å². The van der Waals surface area contributed by atoms with Crippen LogP contribution in [0.5, 0.6) is 11.5 Å². The fourth-order valence-corrected chi connectivity index (χ4v) is 3.73. The number of ether oxygens (including phenoxy) is 2. The first kappa shape index (κ1) is 22.1. The zero-order valence-electron chi connectivity index (χ0n) is 17.1. The molecule has 3 rings (SSSR count). The van der Waals surface area contributed by atoms with E-state index >= 15 is 0 Å². The Bertz CT molecular complexity index is 988. The van der Waals surface area contributed by atoms with Crippen LogP contribution in [0, 0.1) is 0 Å². The molecule has 2 aromatic rings. The molecule has 0 bridgehead atoms. The number of benzene rings is 2. The number of rotatable bonds is 10. The van der Waals surface area contributed by atoms with Gasteiger partial charge in [0.25, 0.3) is 0 Å². The van der Waals surface area contributed by atoms with Crippen LogP contribution in [0.2, 0.25) is 0 Å². The van der Waals surface area contributed by atoms with E-state index in [0.717, 1.165) is 35.5 Å². The molecule has 0 heterocycles. The van der Waals surface area contributed by atoms with Crippen molar-refractivity contribution in [1.29, 1.82) is 0 Å². The summed E-state index contributed by atoms with van der Waals surface area (Å²) in [7, 11) is -0.479. The second-order valence-electron chi connectivity index (χ2n) is 7.28. The number of nitrogens with two attached hydrogens (primary N) is 1. The molecule has 30 heavy (non-hydrogen) atoms. The molecule has 0 radical (unpaired) electrons. The van der Waals surface area contributed by atoms with Gasteiger partial charge in [-0.15, -0.1) is 0 Å². The van der Waals surface area contributed by atoms with E-state index in [1.54, 1.807) is 26.4 Å². The molecule has 2 aromatic carbocycles. The molecule has 0 spiro atoms. The monoisotopic (exact) mass is 433 g/mol. The first-order valence-electron chi connectivity index (χ1n) is 9.63. The van der Waals surface area contributed by atoms with E-state index in [9.17, 15) is 13.2 Å². The Morgan fingerprint density at radius 3 is 2.40 bits per heavy atom. The molecule has 1 aliphatic carbocycles. The maximum absolute atomic E-state index is 12.5. The Kier molecular flexibility index (Phi) is 6.96. The minimum atomic E-state index is -3.72. The van der Waals surface area contributed by atoms with Gasteiger partial charge in [0.1, 0.15) is 11.5 Å². The minimum Gasteiger partial charge on any atom is -0.497 e. The molecule has 162 valence electrons. The quantitative estimate of drug-likeness (QED) is 0.589. The molecular weight excluding hydrogens is 406 g/mol. The molecule has 0 unspecified atom stereocenters. The molecule has 0 aliphatic heterocycles. The van der Waals surface area contributed by atoms with Gasteiger partial charge in [0.15, 0.2) is 0 Å². The summed E-state index contributed by atoms with van der Waals surface area (Å²) < 4.78 is 33.4. The van der Waals surface area contributed by atoms with Gasteiger partial charge in [-0.05, 0) is 48.7 Å². The zero-order chi connectivity index (χ0) is 21.7. The normalized spacial score (nSPS) is 13.9. The number of methoxy groups -OCH3 is 2. The third kappa shape index (κ3) is 5.94. The molecule has 9 heteroatoms. The first-order valence-corrected chi connectivity index (χ1v) is 11.2. The number of primary sulfonamides is 1. The maximum Gasteiger partial charge on any atom is 0.238 e. The highest BCUT2D eigenvalue weighted by molar-refractivity contribution is 7.89. The van der Waals surface area contributed by atoms with Crippen molar-refractivity contribution < 1.29 is 22.7 Å². The van der Waals surface area contributed by atoms with Gasteiger partial charge < -0.3 is 14.8 Å². The standard InChI is InChI=1S/C21H27N3O5S/c1-28-18-7-10-20(29-2)16(11-18)13-24(17-5-6-17)14-21(25)23-12-15-3-8-19(9-4-15)30(22,26)27/h3-4,7-11,17H,5-6,12-14H2,1-2H3,(H,23,25)(H2,22,26,27). The highest BCUT2D eigenvalue weighted by atomic mass is 32.2. The lowest BCUT2D eigenvalue weighted by Crippen LogP contribution is -2.38. The van der Waals surface area contributed by atoms with Crippen molar-refractivity contribution in [2.24, 2.45) is 5.14 Å². The van der Waals surface area contributed by atoms with Gasteiger partial charge in [0.2, 0.25) is 15.9 Å². The van der Waals surface area contributed by atoms with Crippen LogP contribution in [0.1, 0.15) is 24.0 Å². The van der Waals surface area contributed by atoms with Gasteiger partial charge in [-0.2, -0.15) is 0 Å². The van der Waals surface area contributed by atoms with Gasteiger partial charge >= 0.3 is 0 Å². The number of nitrogens with zero attached hydrogens (tertiary/aromatic N) is 1. The maximum atomic E-state index is 12.5. The summed E-state index contributed by atoms with van der Waals surface area (Å²) in [6, 6.07) is 12.2. The second kappa shape index (κ2) is 9.46. The summed E-state index contributed by atoms with van der Waals surface area (Å²) in [5.74, 6) is 1.41. The largest absolute Gasteiger partial charge is 0.497 e. The van der Waals surface area contributed by atoms with Gasteiger partial charge in [0.05, 0.1) is 25.7 Å². The van der Waals surface area contributed by atoms with Crippen molar-refractivity contribution >= 4 is 15.9 Å². The molecule has 1 saturated carbocycles. The van der Waals surface area contributed by atoms with Crippen molar-refractivity contribution in [2.45, 2.75) is 36.9 Å². The smallest absolute Gasteiger partial charge is 0.238 e. The van der Waals surface area contributed by atoms with Crippen LogP contribution in [0.15, 0.2) is 47.4 Å². The topological polar surface area (TPSA) is 111 Å². The van der Waals surface area contributed by atoms with Crippen LogP contribution in [0.25, 0.3) is 0 Å². The summed E-state index contributed by atoms with van der Waals surface area (Å²) >= 11 is 0. The molecule has 0 saturated heterocycles. The Morgan fingerprint density at radius 1 is 1.13 bits per heavy atom. The van der Waals surface area contributed by atoms with Crippen LogP contribution in [-0.2, 0) is 27.9 Å². The van der Waals surface area contributed by atoms with E-state index in [1.807, 2.05) is 18.2 Å². The van der Waals surface area contributed by atoms with Crippen LogP contribution >= 0.6 is 0 Å². The number of sulfonamides is 1. The zero-order valence-corrected chi connectivity index (χ0v) is 17.9. The van der Waals surface area contributed by atoms with E-state index in [-0.39, 0.29) is 17.3 Å². The van der Waals surface area contributed by atoms with Crippen molar-refractivity contribution in [3.05, 3.63) is 53.6 Å². The van der Waals surface area contributed by atoms with Crippen LogP contribution in [0.4, 0.5) is 0 Å². The van der Waals surface area contributed by atoms with Crippen molar-refractivity contribution in [1.82, 2.24) is 10.2 Å². The van der Waals surface area contributed by atoms with Gasteiger partial charge in [-0.25, -0.2) is 13.6 Å². The van der Waals surface area contributed by atoms with Crippen LogP contribution < -0.4 is 19.9 Å². The Hall–Kier alpha value is -2.62. The van der Waals surface area contributed by atoms with Gasteiger partial charge in [-0.3, -0.25) is 9.69 Å². The Balaban J connectivity index is 1.60. The molecule has 0 atom stereocenters. The van der Waals surface area contributed by atoms with Crippen LogP contribution in [0.3, 0.4) is 0 Å². The summed E-state index contributed by atoms with van der Waals surface area (Å²) in [5, 5.41) is 7.99. The molecule has 8 nitrogen and oxygen atoms in total. The molecule has 0 aromatic heterocycles. The van der Waals surface area contributed by atoms with Crippen molar-refractivity contribution in [3.63, 3.8) is 0 Å². The molecule has 1 amide bonds. The number of carbonyl (C=O) groups is 1. The van der Waals surface area contributed by atoms with Crippen molar-refractivity contribution in [3.8, 4) is 11.5 Å². The highest BCUT2D eigenvalue weighted by Gasteiger charge is 2.31. The van der Waals surface area contributed by atoms with Gasteiger partial charge in [0, 0.05) is 24.7 Å². The number of carbonyl (C=O) groups excluding carboxylic acids is 1. The lowest BCUT2D eigenvalue weighted by Gasteiger charge is -2.23. The van der Waals surface area contributed by atoms with E-state index < -0.39 is 10.0 Å². The molecule has 1 fully saturated rings. The summed E-state index contributed by atoms with van der Waals surface area (Å²) in [5.41, 5.74) is 1.76. The highest BCUT2D eigenvalue weighted by Crippen LogP contribution is 2.31. The molecule has 3 N–H and O–H groups in total. The van der Waals surface area contributed by atoms with E-state index in [2.05, 4.69) is 10.2 Å². The second-order valence-corrected chi connectivity index (χ2v) is 8.84. The Labute approximate surface area is 177 Å². The number of amides is 1. The summed E-state index contributed by atoms with van der Waals surface area (Å²) in [4.78, 5) is 14.7. The average molecular weight is 434 g/mol. The minimum absolute atomic E-state index is 0.0460. The molecule has 1 aliphatic rings. The van der Waals surface area contributed by atoms with Crippen molar-refractivity contribution in [2.75, 3.05) is 20.8 Å². The predicted molar refractivity (Wildman–Crippen MR) is 113 cm³/mol. The summed E-state index contributed by atoms with van der Waals surface area (Å²) in [6.45, 7) is 1.16. The Morgan fingerprint density at radius 2 is 1.83 bits per heavy atom. The number of hydrogen-bond acceptors (Lipinski definition) is 6.